The van der Waals surface area contributed by atoms with E-state index in [2.05, 4.69) is 24.0 Å². The van der Waals surface area contributed by atoms with Crippen molar-refractivity contribution < 1.29 is 19.4 Å². The maximum absolute atomic E-state index is 12.4. The van der Waals surface area contributed by atoms with Crippen LogP contribution in [0, 0.1) is 5.92 Å². The minimum absolute atomic E-state index is 0.00898. The van der Waals surface area contributed by atoms with Gasteiger partial charge in [-0.15, -0.1) is 0 Å². The zero-order valence-electron chi connectivity index (χ0n) is 27.1. The molecule has 0 saturated carbocycles. The van der Waals surface area contributed by atoms with Crippen molar-refractivity contribution in [2.45, 2.75) is 174 Å². The second kappa shape index (κ2) is 29.1. The van der Waals surface area contributed by atoms with Crippen molar-refractivity contribution in [3.05, 3.63) is 12.2 Å². The van der Waals surface area contributed by atoms with Gasteiger partial charge in [0.1, 0.15) is 6.10 Å². The number of aliphatic carboxylic acids is 1. The second-order valence-electron chi connectivity index (χ2n) is 12.3. The Bertz CT molecular complexity index is 604. The smallest absolute Gasteiger partial charge is 0.306 e. The van der Waals surface area contributed by atoms with E-state index in [1.165, 1.54) is 103 Å². The van der Waals surface area contributed by atoms with Gasteiger partial charge in [-0.25, -0.2) is 0 Å². The van der Waals surface area contributed by atoms with Crippen LogP contribution in [0.3, 0.4) is 0 Å². The second-order valence-corrected chi connectivity index (χ2v) is 12.3. The lowest BCUT2D eigenvalue weighted by Crippen LogP contribution is -2.20. The third kappa shape index (κ3) is 28.2. The van der Waals surface area contributed by atoms with Crippen LogP contribution >= 0.6 is 0 Å². The maximum Gasteiger partial charge on any atom is 0.306 e. The number of unbranched alkanes of at least 4 members (excludes halogenated alkanes) is 16. The molecular weight excluding hydrogens is 498 g/mol. The van der Waals surface area contributed by atoms with Crippen LogP contribution in [0.5, 0.6) is 0 Å². The molecule has 0 radical (unpaired) electrons. The van der Waals surface area contributed by atoms with Crippen LogP contribution in [0.4, 0.5) is 0 Å². The normalized spacial score (nSPS) is 13.2. The molecule has 0 amide bonds. The molecule has 0 aliphatic heterocycles. The minimum atomic E-state index is -0.668. The van der Waals surface area contributed by atoms with Gasteiger partial charge in [-0.2, -0.15) is 0 Å². The van der Waals surface area contributed by atoms with E-state index in [0.29, 0.717) is 6.42 Å². The largest absolute Gasteiger partial charge is 0.481 e. The van der Waals surface area contributed by atoms with E-state index in [1.807, 2.05) is 14.1 Å². The van der Waals surface area contributed by atoms with E-state index in [0.717, 1.165) is 51.5 Å². The number of rotatable bonds is 30. The van der Waals surface area contributed by atoms with Crippen LogP contribution in [0.15, 0.2) is 12.2 Å². The van der Waals surface area contributed by atoms with E-state index >= 15 is 0 Å². The number of allylic oxidation sites excluding steroid dienone is 2. The number of nitrogens with zero attached hydrogens (tertiary/aromatic N) is 1. The zero-order valence-corrected chi connectivity index (χ0v) is 27.1. The number of carbonyl (C=O) groups excluding carboxylic acids is 1. The summed E-state index contributed by atoms with van der Waals surface area (Å²) in [5.74, 6) is -0.876. The molecule has 0 heterocycles. The lowest BCUT2D eigenvalue weighted by molar-refractivity contribution is -0.150. The minimum Gasteiger partial charge on any atom is -0.481 e. The molecule has 236 valence electrons. The molecule has 0 aliphatic carbocycles. The first-order valence-electron chi connectivity index (χ1n) is 17.1. The van der Waals surface area contributed by atoms with Crippen LogP contribution in [0.2, 0.25) is 0 Å². The molecule has 2 unspecified atom stereocenters. The molecule has 5 nitrogen and oxygen atoms in total. The van der Waals surface area contributed by atoms with Crippen molar-refractivity contribution in [3.63, 3.8) is 0 Å². The molecule has 5 heteroatoms. The third-order valence-corrected chi connectivity index (χ3v) is 7.91. The van der Waals surface area contributed by atoms with Gasteiger partial charge in [0, 0.05) is 6.42 Å². The molecular formula is C35H67NO4. The molecule has 0 spiro atoms. The predicted molar refractivity (Wildman–Crippen MR) is 171 cm³/mol. The lowest BCUT2D eigenvalue weighted by atomic mass is 10.0. The van der Waals surface area contributed by atoms with Gasteiger partial charge >= 0.3 is 11.9 Å². The fourth-order valence-electron chi connectivity index (χ4n) is 5.14. The SMILES string of the molecule is CCCCCCCCCC(CCCCCCC=CCCCCCCCCC(C)C(=O)O)OC(=O)CCCN(C)C. The first-order chi connectivity index (χ1) is 19.4. The monoisotopic (exact) mass is 566 g/mol. The number of esters is 1. The molecule has 0 bridgehead atoms. The number of carboxylic acid groups (broad SMARTS) is 1. The van der Waals surface area contributed by atoms with Crippen molar-refractivity contribution in [1.82, 2.24) is 4.90 Å². The number of carboxylic acids is 1. The molecule has 2 atom stereocenters. The number of ether oxygens (including phenoxy) is 1. The third-order valence-electron chi connectivity index (χ3n) is 7.91. The summed E-state index contributed by atoms with van der Waals surface area (Å²) >= 11 is 0. The van der Waals surface area contributed by atoms with Gasteiger partial charge in [0.15, 0.2) is 0 Å². The highest BCUT2D eigenvalue weighted by atomic mass is 16.5. The molecule has 0 aliphatic rings. The molecule has 0 saturated heterocycles. The fraction of sp³-hybridized carbons (Fsp3) is 0.886. The first kappa shape index (κ1) is 38.6. The molecule has 0 aromatic carbocycles. The van der Waals surface area contributed by atoms with E-state index in [-0.39, 0.29) is 18.0 Å². The van der Waals surface area contributed by atoms with Gasteiger partial charge in [-0.1, -0.05) is 109 Å². The highest BCUT2D eigenvalue weighted by Gasteiger charge is 2.14. The number of hydrogen-bond acceptors (Lipinski definition) is 4. The number of hydrogen-bond donors (Lipinski definition) is 1. The Morgan fingerprint density at radius 3 is 1.60 bits per heavy atom. The number of carbonyl (C=O) groups is 2. The topological polar surface area (TPSA) is 66.8 Å². The van der Waals surface area contributed by atoms with Crippen LogP contribution in [0.1, 0.15) is 168 Å². The molecule has 0 fully saturated rings. The fourth-order valence-corrected chi connectivity index (χ4v) is 5.14. The Labute approximate surface area is 248 Å². The standard InChI is InChI=1S/C35H67NO4/c1-5-6-7-8-17-21-24-28-33(40-34(37)30-26-31-36(3)4)29-25-22-19-16-14-12-10-9-11-13-15-18-20-23-27-32(2)35(38)39/h10,12,32-33H,5-9,11,13-31H2,1-4H3,(H,38,39). The average molecular weight is 566 g/mol. The summed E-state index contributed by atoms with van der Waals surface area (Å²) in [5, 5.41) is 8.91. The van der Waals surface area contributed by atoms with Gasteiger partial charge in [-0.3, -0.25) is 9.59 Å². The average Bonchev–Trinajstić information content (AvgIpc) is 2.91. The zero-order chi connectivity index (χ0) is 29.7. The van der Waals surface area contributed by atoms with E-state index in [1.54, 1.807) is 6.92 Å². The van der Waals surface area contributed by atoms with Crippen LogP contribution in [-0.4, -0.2) is 48.7 Å². The van der Waals surface area contributed by atoms with Gasteiger partial charge in [0.25, 0.3) is 0 Å². The van der Waals surface area contributed by atoms with E-state index in [4.69, 9.17) is 9.84 Å². The van der Waals surface area contributed by atoms with Crippen molar-refractivity contribution in [1.29, 1.82) is 0 Å². The summed E-state index contributed by atoms with van der Waals surface area (Å²) in [6.07, 6.45) is 32.6. The maximum atomic E-state index is 12.4. The molecule has 1 N–H and O–H groups in total. The quantitative estimate of drug-likeness (QED) is 0.0533. The molecule has 0 aromatic heterocycles. The summed E-state index contributed by atoms with van der Waals surface area (Å²) in [7, 11) is 4.09. The molecule has 0 rings (SSSR count). The van der Waals surface area contributed by atoms with Gasteiger partial charge in [0.2, 0.25) is 0 Å². The van der Waals surface area contributed by atoms with Crippen molar-refractivity contribution in [2.75, 3.05) is 20.6 Å². The lowest BCUT2D eigenvalue weighted by Gasteiger charge is -2.18. The van der Waals surface area contributed by atoms with Crippen LogP contribution in [-0.2, 0) is 14.3 Å². The summed E-state index contributed by atoms with van der Waals surface area (Å²) in [5.41, 5.74) is 0. The molecule has 0 aromatic rings. The Kier molecular flexibility index (Phi) is 28.2. The van der Waals surface area contributed by atoms with Crippen LogP contribution < -0.4 is 0 Å². The van der Waals surface area contributed by atoms with Crippen molar-refractivity contribution >= 4 is 11.9 Å². The Morgan fingerprint density at radius 1 is 0.675 bits per heavy atom. The Hall–Kier alpha value is -1.36. The van der Waals surface area contributed by atoms with Crippen molar-refractivity contribution in [2.24, 2.45) is 5.92 Å². The highest BCUT2D eigenvalue weighted by molar-refractivity contribution is 5.69. The Morgan fingerprint density at radius 2 is 1.12 bits per heavy atom. The van der Waals surface area contributed by atoms with E-state index < -0.39 is 5.97 Å². The van der Waals surface area contributed by atoms with Gasteiger partial charge in [-0.05, 0) is 84.8 Å². The predicted octanol–water partition coefficient (Wildman–Crippen LogP) is 10.1. The van der Waals surface area contributed by atoms with Crippen LogP contribution in [0.25, 0.3) is 0 Å². The summed E-state index contributed by atoms with van der Waals surface area (Å²) < 4.78 is 5.92. The first-order valence-corrected chi connectivity index (χ1v) is 17.1. The summed E-state index contributed by atoms with van der Waals surface area (Å²) in [6.45, 7) is 5.00. The van der Waals surface area contributed by atoms with Gasteiger partial charge < -0.3 is 14.7 Å². The summed E-state index contributed by atoms with van der Waals surface area (Å²) in [4.78, 5) is 25.3. The summed E-state index contributed by atoms with van der Waals surface area (Å²) in [6, 6.07) is 0. The Balaban J connectivity index is 3.88. The molecule has 40 heavy (non-hydrogen) atoms. The van der Waals surface area contributed by atoms with Gasteiger partial charge in [0.05, 0.1) is 5.92 Å². The van der Waals surface area contributed by atoms with Crippen molar-refractivity contribution in [3.8, 4) is 0 Å². The highest BCUT2D eigenvalue weighted by Crippen LogP contribution is 2.18. The van der Waals surface area contributed by atoms with E-state index in [9.17, 15) is 9.59 Å².